The highest BCUT2D eigenvalue weighted by Crippen LogP contribution is 2.17. The molecule has 0 unspecified atom stereocenters. The van der Waals surface area contributed by atoms with Gasteiger partial charge in [0.15, 0.2) is 0 Å². The van der Waals surface area contributed by atoms with E-state index in [1.165, 1.54) is 5.57 Å². The molecule has 0 aliphatic heterocycles. The molecule has 0 heterocycles. The Hall–Kier alpha value is -0.790. The van der Waals surface area contributed by atoms with E-state index in [-0.39, 0.29) is 0 Å². The van der Waals surface area contributed by atoms with Crippen molar-refractivity contribution in [1.82, 2.24) is 0 Å². The van der Waals surface area contributed by atoms with Crippen LogP contribution in [-0.4, -0.2) is 6.54 Å². The van der Waals surface area contributed by atoms with Crippen molar-refractivity contribution in [1.29, 1.82) is 0 Å². The number of halogens is 1. The van der Waals surface area contributed by atoms with Gasteiger partial charge in [-0.3, -0.25) is 0 Å². The molecule has 0 spiro atoms. The van der Waals surface area contributed by atoms with Crippen LogP contribution in [-0.2, 0) is 0 Å². The summed E-state index contributed by atoms with van der Waals surface area (Å²) < 4.78 is 0. The lowest BCUT2D eigenvalue weighted by molar-refractivity contribution is 1.25. The lowest BCUT2D eigenvalue weighted by Gasteiger charge is -2.00. The summed E-state index contributed by atoms with van der Waals surface area (Å²) in [4.78, 5) is 0. The topological polar surface area (TPSA) is 26.0 Å². The van der Waals surface area contributed by atoms with Gasteiger partial charge < -0.3 is 5.73 Å². The summed E-state index contributed by atoms with van der Waals surface area (Å²) in [6.07, 6.45) is 1.98. The molecule has 12 heavy (non-hydrogen) atoms. The molecule has 2 heteroatoms. The summed E-state index contributed by atoms with van der Waals surface area (Å²) >= 11 is 5.83. The number of benzene rings is 1. The van der Waals surface area contributed by atoms with Crippen molar-refractivity contribution >= 4 is 17.2 Å². The first-order chi connectivity index (χ1) is 5.74. The van der Waals surface area contributed by atoms with Crippen LogP contribution in [0.15, 0.2) is 30.3 Å². The third kappa shape index (κ3) is 2.36. The number of nitrogens with two attached hydrogens (primary N) is 1. The Labute approximate surface area is 77.8 Å². The van der Waals surface area contributed by atoms with Crippen molar-refractivity contribution < 1.29 is 0 Å². The van der Waals surface area contributed by atoms with Crippen LogP contribution < -0.4 is 5.73 Å². The van der Waals surface area contributed by atoms with E-state index in [1.54, 1.807) is 0 Å². The van der Waals surface area contributed by atoms with E-state index in [1.807, 2.05) is 37.3 Å². The van der Waals surface area contributed by atoms with Gasteiger partial charge in [0.25, 0.3) is 0 Å². The molecule has 0 bridgehead atoms. The molecule has 0 fully saturated rings. The minimum atomic E-state index is 0.568. The molecule has 0 aliphatic rings. The number of hydrogen-bond acceptors (Lipinski definition) is 1. The summed E-state index contributed by atoms with van der Waals surface area (Å²) in [5.41, 5.74) is 7.69. The molecule has 0 saturated carbocycles. The largest absolute Gasteiger partial charge is 0.327 e. The van der Waals surface area contributed by atoms with Crippen molar-refractivity contribution in [2.24, 2.45) is 5.73 Å². The van der Waals surface area contributed by atoms with Gasteiger partial charge in [0, 0.05) is 11.6 Å². The fourth-order valence-corrected chi connectivity index (χ4v) is 1.22. The van der Waals surface area contributed by atoms with Gasteiger partial charge in [-0.25, -0.2) is 0 Å². The first-order valence-electron chi connectivity index (χ1n) is 3.87. The predicted octanol–water partition coefficient (Wildman–Crippen LogP) is 2.70. The van der Waals surface area contributed by atoms with Crippen LogP contribution in [0.3, 0.4) is 0 Å². The number of rotatable bonds is 2. The molecular weight excluding hydrogens is 170 g/mol. The van der Waals surface area contributed by atoms with Crippen molar-refractivity contribution in [2.75, 3.05) is 6.54 Å². The van der Waals surface area contributed by atoms with Crippen LogP contribution in [0.25, 0.3) is 5.57 Å². The highest BCUT2D eigenvalue weighted by molar-refractivity contribution is 6.30. The van der Waals surface area contributed by atoms with E-state index >= 15 is 0 Å². The Kier molecular flexibility index (Phi) is 3.32. The fourth-order valence-electron chi connectivity index (χ4n) is 1.03. The summed E-state index contributed by atoms with van der Waals surface area (Å²) in [6.45, 7) is 2.59. The summed E-state index contributed by atoms with van der Waals surface area (Å²) in [7, 11) is 0. The molecule has 0 amide bonds. The van der Waals surface area contributed by atoms with Crippen LogP contribution >= 0.6 is 11.6 Å². The standard InChI is InChI=1S/C10H12ClN/c1-8(5-6-12)9-3-2-4-10(11)7-9/h2-5,7H,6,12H2,1H3/b8-5-. The number of allylic oxidation sites excluding steroid dienone is 1. The third-order valence-corrected chi connectivity index (χ3v) is 1.94. The normalized spacial score (nSPS) is 11.8. The quantitative estimate of drug-likeness (QED) is 0.746. The second kappa shape index (κ2) is 4.29. The first-order valence-corrected chi connectivity index (χ1v) is 4.24. The lowest BCUT2D eigenvalue weighted by Crippen LogP contribution is -1.94. The van der Waals surface area contributed by atoms with E-state index < -0.39 is 0 Å². The van der Waals surface area contributed by atoms with E-state index in [0.29, 0.717) is 6.54 Å². The molecule has 0 saturated heterocycles. The Balaban J connectivity index is 2.95. The van der Waals surface area contributed by atoms with Gasteiger partial charge in [-0.2, -0.15) is 0 Å². The predicted molar refractivity (Wildman–Crippen MR) is 54.2 cm³/mol. The highest BCUT2D eigenvalue weighted by Gasteiger charge is 1.94. The van der Waals surface area contributed by atoms with Crippen LogP contribution in [0.5, 0.6) is 0 Å². The van der Waals surface area contributed by atoms with E-state index in [2.05, 4.69) is 0 Å². The Bertz CT molecular complexity index is 292. The Morgan fingerprint density at radius 3 is 2.92 bits per heavy atom. The van der Waals surface area contributed by atoms with Gasteiger partial charge >= 0.3 is 0 Å². The molecule has 1 nitrogen and oxygen atoms in total. The Morgan fingerprint density at radius 1 is 1.58 bits per heavy atom. The molecule has 0 aromatic heterocycles. The molecule has 0 aliphatic carbocycles. The molecule has 0 atom stereocenters. The summed E-state index contributed by atoms with van der Waals surface area (Å²) in [5, 5.41) is 0.761. The molecule has 64 valence electrons. The molecule has 1 rings (SSSR count). The van der Waals surface area contributed by atoms with Crippen molar-refractivity contribution in [3.8, 4) is 0 Å². The minimum absolute atomic E-state index is 0.568. The smallest absolute Gasteiger partial charge is 0.0412 e. The Morgan fingerprint density at radius 2 is 2.33 bits per heavy atom. The fraction of sp³-hybridized carbons (Fsp3) is 0.200. The van der Waals surface area contributed by atoms with Gasteiger partial charge in [0.1, 0.15) is 0 Å². The highest BCUT2D eigenvalue weighted by atomic mass is 35.5. The molecule has 1 aromatic carbocycles. The lowest BCUT2D eigenvalue weighted by atomic mass is 10.1. The second-order valence-corrected chi connectivity index (χ2v) is 3.07. The van der Waals surface area contributed by atoms with Gasteiger partial charge in [-0.1, -0.05) is 29.8 Å². The molecule has 2 N–H and O–H groups in total. The van der Waals surface area contributed by atoms with Crippen molar-refractivity contribution in [3.63, 3.8) is 0 Å². The summed E-state index contributed by atoms with van der Waals surface area (Å²) in [5.74, 6) is 0. The van der Waals surface area contributed by atoms with Crippen molar-refractivity contribution in [3.05, 3.63) is 40.9 Å². The first kappa shape index (κ1) is 9.30. The zero-order valence-corrected chi connectivity index (χ0v) is 7.81. The minimum Gasteiger partial charge on any atom is -0.327 e. The maximum atomic E-state index is 5.83. The third-order valence-electron chi connectivity index (χ3n) is 1.70. The van der Waals surface area contributed by atoms with Gasteiger partial charge in [0.05, 0.1) is 0 Å². The van der Waals surface area contributed by atoms with Gasteiger partial charge in [0.2, 0.25) is 0 Å². The maximum absolute atomic E-state index is 5.83. The second-order valence-electron chi connectivity index (χ2n) is 2.63. The van der Waals surface area contributed by atoms with E-state index in [9.17, 15) is 0 Å². The van der Waals surface area contributed by atoms with Crippen LogP contribution in [0.2, 0.25) is 5.02 Å². The van der Waals surface area contributed by atoms with Gasteiger partial charge in [-0.05, 0) is 30.2 Å². The van der Waals surface area contributed by atoms with E-state index in [0.717, 1.165) is 10.6 Å². The van der Waals surface area contributed by atoms with Crippen molar-refractivity contribution in [2.45, 2.75) is 6.92 Å². The van der Waals surface area contributed by atoms with Crippen LogP contribution in [0.1, 0.15) is 12.5 Å². The maximum Gasteiger partial charge on any atom is 0.0412 e. The molecule has 1 aromatic rings. The summed E-state index contributed by atoms with van der Waals surface area (Å²) in [6, 6.07) is 7.75. The monoisotopic (exact) mass is 181 g/mol. The number of hydrogen-bond donors (Lipinski definition) is 1. The average Bonchev–Trinajstić information content (AvgIpc) is 2.05. The molecule has 0 radical (unpaired) electrons. The molecular formula is C10H12ClN. The van der Waals surface area contributed by atoms with Crippen LogP contribution in [0.4, 0.5) is 0 Å². The van der Waals surface area contributed by atoms with Gasteiger partial charge in [-0.15, -0.1) is 0 Å². The van der Waals surface area contributed by atoms with Crippen LogP contribution in [0, 0.1) is 0 Å². The SMILES string of the molecule is C/C(=C/CN)c1cccc(Cl)c1. The average molecular weight is 182 g/mol. The zero-order valence-electron chi connectivity index (χ0n) is 7.05. The van der Waals surface area contributed by atoms with E-state index in [4.69, 9.17) is 17.3 Å². The zero-order chi connectivity index (χ0) is 8.97.